The van der Waals surface area contributed by atoms with Gasteiger partial charge < -0.3 is 20.1 Å². The molecule has 3 fully saturated rings. The molecule has 1 aliphatic carbocycles. The number of nitrogens with one attached hydrogen (secondary N) is 2. The molecule has 2 aromatic carbocycles. The molecular formula is C32H45ClN4O6S. The van der Waals surface area contributed by atoms with Crippen LogP contribution in [0, 0.1) is 0 Å². The van der Waals surface area contributed by atoms with Crippen molar-refractivity contribution >= 4 is 39.9 Å². The summed E-state index contributed by atoms with van der Waals surface area (Å²) in [5.74, 6) is 1.14. The van der Waals surface area contributed by atoms with Crippen LogP contribution in [0.4, 0.5) is 5.69 Å². The zero-order chi connectivity index (χ0) is 30.7. The summed E-state index contributed by atoms with van der Waals surface area (Å²) in [6.07, 6.45) is 7.73. The quantitative estimate of drug-likeness (QED) is 0.348. The first-order valence-corrected chi connectivity index (χ1v) is 17.3. The minimum Gasteiger partial charge on any atom is -0.457 e. The number of piperidine rings is 1. The highest BCUT2D eigenvalue weighted by Gasteiger charge is 2.54. The molecule has 3 N–H and O–H groups in total. The molecule has 2 aliphatic heterocycles. The van der Waals surface area contributed by atoms with Crippen LogP contribution in [-0.4, -0.2) is 78.2 Å². The Hall–Kier alpha value is -2.86. The average Bonchev–Trinajstić information content (AvgIpc) is 2.97. The van der Waals surface area contributed by atoms with Gasteiger partial charge in [0.2, 0.25) is 21.8 Å². The summed E-state index contributed by atoms with van der Waals surface area (Å²) >= 11 is 0. The lowest BCUT2D eigenvalue weighted by Gasteiger charge is -2.52. The van der Waals surface area contributed by atoms with E-state index in [-0.39, 0.29) is 24.2 Å². The summed E-state index contributed by atoms with van der Waals surface area (Å²) in [7, 11) is -3.33. The second-order valence-electron chi connectivity index (χ2n) is 12.5. The van der Waals surface area contributed by atoms with Gasteiger partial charge in [-0.1, -0.05) is 38.3 Å². The van der Waals surface area contributed by atoms with Crippen molar-refractivity contribution in [1.29, 1.82) is 0 Å². The standard InChI is InChI=1S/C32H44N4O6S.ClH/c1-3-19-36-29(37)28(22-31(39)15-5-4-6-16-31)33-30(38)32(36)17-20-35(21-18-32)23-24-7-11-26(12-8-24)42-27-13-9-25(10-14-27)34-43(2,40)41;/h7-14,28,34,39H,3-6,15-23H2,1-2H3,(H,33,38);1H/t28-;/m1./s1. The molecule has 5 rings (SSSR count). The highest BCUT2D eigenvalue weighted by atomic mass is 35.5. The maximum absolute atomic E-state index is 13.7. The van der Waals surface area contributed by atoms with Crippen molar-refractivity contribution in [3.8, 4) is 11.5 Å². The summed E-state index contributed by atoms with van der Waals surface area (Å²) < 4.78 is 31.1. The molecule has 12 heteroatoms. The van der Waals surface area contributed by atoms with Gasteiger partial charge in [0, 0.05) is 38.3 Å². The Morgan fingerprint density at radius 2 is 1.55 bits per heavy atom. The van der Waals surface area contributed by atoms with Gasteiger partial charge in [0.25, 0.3) is 0 Å². The predicted molar refractivity (Wildman–Crippen MR) is 173 cm³/mol. The van der Waals surface area contributed by atoms with E-state index in [1.807, 2.05) is 36.1 Å². The highest BCUT2D eigenvalue weighted by Crippen LogP contribution is 2.37. The molecule has 2 aromatic rings. The van der Waals surface area contributed by atoms with E-state index < -0.39 is 27.2 Å². The number of rotatable bonds is 10. The van der Waals surface area contributed by atoms with Crippen molar-refractivity contribution < 1.29 is 27.9 Å². The van der Waals surface area contributed by atoms with Crippen LogP contribution in [0.3, 0.4) is 0 Å². The van der Waals surface area contributed by atoms with E-state index in [0.29, 0.717) is 68.9 Å². The van der Waals surface area contributed by atoms with Crippen molar-refractivity contribution in [3.05, 3.63) is 54.1 Å². The van der Waals surface area contributed by atoms with Crippen LogP contribution >= 0.6 is 12.4 Å². The molecule has 3 aliphatic rings. The minimum absolute atomic E-state index is 0. The van der Waals surface area contributed by atoms with Crippen molar-refractivity contribution in [2.75, 3.05) is 30.6 Å². The number of ether oxygens (including phenoxy) is 1. The number of amides is 2. The first kappa shape index (κ1) is 34.0. The number of likely N-dealkylation sites (tertiary alicyclic amines) is 1. The summed E-state index contributed by atoms with van der Waals surface area (Å²) in [5.41, 5.74) is -0.120. The van der Waals surface area contributed by atoms with E-state index in [4.69, 9.17) is 4.74 Å². The fraction of sp³-hybridized carbons (Fsp3) is 0.562. The Morgan fingerprint density at radius 3 is 2.11 bits per heavy atom. The second-order valence-corrected chi connectivity index (χ2v) is 14.2. The highest BCUT2D eigenvalue weighted by molar-refractivity contribution is 7.92. The number of nitrogens with zero attached hydrogens (tertiary/aromatic N) is 2. The molecule has 0 unspecified atom stereocenters. The van der Waals surface area contributed by atoms with Gasteiger partial charge in [-0.15, -0.1) is 12.4 Å². The van der Waals surface area contributed by atoms with Gasteiger partial charge in [-0.25, -0.2) is 8.42 Å². The number of aliphatic hydroxyl groups is 1. The Bertz CT molecular complexity index is 1390. The number of carbonyl (C=O) groups excluding carboxylic acids is 2. The summed E-state index contributed by atoms with van der Waals surface area (Å²) in [4.78, 5) is 31.5. The second kappa shape index (κ2) is 14.1. The Morgan fingerprint density at radius 1 is 0.955 bits per heavy atom. The summed E-state index contributed by atoms with van der Waals surface area (Å²) in [6, 6.07) is 13.9. The van der Waals surface area contributed by atoms with Gasteiger partial charge in [-0.2, -0.15) is 0 Å². The van der Waals surface area contributed by atoms with Gasteiger partial charge in [0.1, 0.15) is 23.1 Å². The van der Waals surface area contributed by atoms with Crippen molar-refractivity contribution in [2.24, 2.45) is 0 Å². The van der Waals surface area contributed by atoms with E-state index in [1.165, 1.54) is 0 Å². The topological polar surface area (TPSA) is 128 Å². The number of hydrogen-bond acceptors (Lipinski definition) is 7. The average molecular weight is 649 g/mol. The third kappa shape index (κ3) is 8.04. The fourth-order valence-electron chi connectivity index (χ4n) is 6.80. The van der Waals surface area contributed by atoms with Crippen molar-refractivity contribution in [2.45, 2.75) is 88.4 Å². The number of halogens is 1. The van der Waals surface area contributed by atoms with E-state index >= 15 is 0 Å². The first-order valence-electron chi connectivity index (χ1n) is 15.4. The maximum Gasteiger partial charge on any atom is 0.246 e. The van der Waals surface area contributed by atoms with E-state index in [9.17, 15) is 23.1 Å². The van der Waals surface area contributed by atoms with Crippen LogP contribution in [-0.2, 0) is 26.2 Å². The molecule has 0 bridgehead atoms. The number of carbonyl (C=O) groups is 2. The van der Waals surface area contributed by atoms with Gasteiger partial charge in [-0.3, -0.25) is 19.2 Å². The van der Waals surface area contributed by atoms with Crippen LogP contribution in [0.2, 0.25) is 0 Å². The number of hydrogen-bond donors (Lipinski definition) is 3. The van der Waals surface area contributed by atoms with Crippen LogP contribution in [0.5, 0.6) is 11.5 Å². The molecule has 10 nitrogen and oxygen atoms in total. The van der Waals surface area contributed by atoms with E-state index in [2.05, 4.69) is 14.9 Å². The summed E-state index contributed by atoms with van der Waals surface area (Å²) in [5, 5.41) is 14.1. The molecule has 2 saturated heterocycles. The lowest BCUT2D eigenvalue weighted by Crippen LogP contribution is -2.73. The summed E-state index contributed by atoms with van der Waals surface area (Å²) in [6.45, 7) is 4.69. The first-order chi connectivity index (χ1) is 20.5. The van der Waals surface area contributed by atoms with Gasteiger partial charge in [-0.05, 0) is 74.1 Å². The van der Waals surface area contributed by atoms with Gasteiger partial charge in [0.15, 0.2) is 0 Å². The number of anilines is 1. The third-order valence-electron chi connectivity index (χ3n) is 9.03. The molecule has 0 aromatic heterocycles. The molecule has 2 amide bonds. The number of benzene rings is 2. The molecule has 0 radical (unpaired) electrons. The van der Waals surface area contributed by atoms with Crippen LogP contribution in [0.1, 0.15) is 70.3 Å². The maximum atomic E-state index is 13.7. The Kier molecular flexibility index (Phi) is 10.9. The molecule has 44 heavy (non-hydrogen) atoms. The molecule has 1 spiro atoms. The smallest absolute Gasteiger partial charge is 0.246 e. The fourth-order valence-corrected chi connectivity index (χ4v) is 7.36. The monoisotopic (exact) mass is 648 g/mol. The van der Waals surface area contributed by atoms with E-state index in [0.717, 1.165) is 44.0 Å². The van der Waals surface area contributed by atoms with Crippen LogP contribution < -0.4 is 14.8 Å². The van der Waals surface area contributed by atoms with Gasteiger partial charge >= 0.3 is 0 Å². The molecule has 242 valence electrons. The van der Waals surface area contributed by atoms with Gasteiger partial charge in [0.05, 0.1) is 11.9 Å². The zero-order valence-electron chi connectivity index (χ0n) is 25.6. The largest absolute Gasteiger partial charge is 0.457 e. The minimum atomic E-state index is -3.33. The lowest BCUT2D eigenvalue weighted by atomic mass is 9.77. The van der Waals surface area contributed by atoms with Crippen LogP contribution in [0.25, 0.3) is 0 Å². The zero-order valence-corrected chi connectivity index (χ0v) is 27.2. The Labute approximate surface area is 267 Å². The SMILES string of the molecule is CCCN1C(=O)[C@@H](CC2(O)CCCCC2)NC(=O)C12CCN(Cc1ccc(Oc3ccc(NS(C)(=O)=O)cc3)cc1)CC2.Cl. The molecular weight excluding hydrogens is 604 g/mol. The number of sulfonamides is 1. The predicted octanol–water partition coefficient (Wildman–Crippen LogP) is 4.43. The van der Waals surface area contributed by atoms with Crippen molar-refractivity contribution in [1.82, 2.24) is 15.1 Å². The van der Waals surface area contributed by atoms with Crippen molar-refractivity contribution in [3.63, 3.8) is 0 Å². The molecule has 1 saturated carbocycles. The lowest BCUT2D eigenvalue weighted by molar-refractivity contribution is -0.163. The van der Waals surface area contributed by atoms with Crippen LogP contribution in [0.15, 0.2) is 48.5 Å². The Balaban J connectivity index is 0.00000442. The third-order valence-corrected chi connectivity index (χ3v) is 9.64. The van der Waals surface area contributed by atoms with E-state index in [1.54, 1.807) is 24.3 Å². The molecule has 1 atom stereocenters. The number of piperazine rings is 1. The normalized spacial score (nSPS) is 21.8. The molecule has 2 heterocycles.